The van der Waals surface area contributed by atoms with Crippen LogP contribution in [-0.4, -0.2) is 16.1 Å². The Morgan fingerprint density at radius 2 is 1.11 bits per heavy atom. The SMILES string of the molecule is CCCCCCCCCCn1c2c([n+](CCCCCCCCCC)c1C)C(=O)c1ccccc1C2=O.[Br-]. The molecule has 4 nitrogen and oxygen atoms in total. The van der Waals surface area contributed by atoms with Gasteiger partial charge in [-0.15, -0.1) is 0 Å². The first-order chi connectivity index (χ1) is 17.6. The molecule has 0 spiro atoms. The Morgan fingerprint density at radius 1 is 0.649 bits per heavy atom. The van der Waals surface area contributed by atoms with Crippen LogP contribution in [0.3, 0.4) is 0 Å². The monoisotopic (exact) mass is 572 g/mol. The van der Waals surface area contributed by atoms with Crippen LogP contribution in [-0.2, 0) is 13.1 Å². The molecule has 0 unspecified atom stereocenters. The number of imidazole rings is 1. The number of rotatable bonds is 18. The average Bonchev–Trinajstić information content (AvgIpc) is 3.17. The molecule has 0 amide bonds. The Kier molecular flexibility index (Phi) is 14.4. The molecule has 3 rings (SSSR count). The van der Waals surface area contributed by atoms with Crippen LogP contribution in [0.4, 0.5) is 0 Å². The number of hydrogen-bond acceptors (Lipinski definition) is 2. The number of aromatic nitrogens is 2. The normalized spacial score (nSPS) is 12.4. The third-order valence-electron chi connectivity index (χ3n) is 7.86. The van der Waals surface area contributed by atoms with E-state index in [9.17, 15) is 9.59 Å². The number of hydrogen-bond donors (Lipinski definition) is 0. The van der Waals surface area contributed by atoms with Crippen molar-refractivity contribution in [3.63, 3.8) is 0 Å². The largest absolute Gasteiger partial charge is 1.00 e. The molecule has 206 valence electrons. The quantitative estimate of drug-likeness (QED) is 0.156. The lowest BCUT2D eigenvalue weighted by Gasteiger charge is -2.13. The van der Waals surface area contributed by atoms with Crippen molar-refractivity contribution in [2.75, 3.05) is 0 Å². The summed E-state index contributed by atoms with van der Waals surface area (Å²) < 4.78 is 4.32. The molecule has 1 heterocycles. The van der Waals surface area contributed by atoms with Crippen LogP contribution in [0.1, 0.15) is 155 Å². The lowest BCUT2D eigenvalue weighted by Crippen LogP contribution is -3.00. The number of carbonyl (C=O) groups is 2. The standard InChI is InChI=1S/C32H49N2O2.BrH/c1-4-6-8-10-12-14-16-20-24-33-26(3)34(25-21-17-15-13-11-9-7-5-2)30-29(33)31(35)27-22-18-19-23-28(27)32(30)36;/h18-19,22-23H,4-17,20-21,24-25H2,1-3H3;1H/q+1;/p-1. The van der Waals surface area contributed by atoms with Gasteiger partial charge in [0.05, 0.1) is 13.1 Å². The molecule has 2 aromatic rings. The number of ketones is 2. The Bertz CT molecular complexity index is 918. The zero-order valence-electron chi connectivity index (χ0n) is 23.6. The fourth-order valence-corrected chi connectivity index (χ4v) is 5.67. The first-order valence-corrected chi connectivity index (χ1v) is 14.9. The second-order valence-electron chi connectivity index (χ2n) is 10.7. The highest BCUT2D eigenvalue weighted by atomic mass is 79.9. The van der Waals surface area contributed by atoms with Crippen molar-refractivity contribution in [3.8, 4) is 0 Å². The minimum Gasteiger partial charge on any atom is -1.00 e. The zero-order chi connectivity index (χ0) is 25.8. The fraction of sp³-hybridized carbons (Fsp3) is 0.656. The topological polar surface area (TPSA) is 43.0 Å². The Hall–Kier alpha value is -1.75. The third kappa shape index (κ3) is 8.37. The Labute approximate surface area is 236 Å². The molecule has 0 saturated heterocycles. The van der Waals surface area contributed by atoms with Crippen LogP contribution >= 0.6 is 0 Å². The summed E-state index contributed by atoms with van der Waals surface area (Å²) in [4.78, 5) is 27.2. The van der Waals surface area contributed by atoms with Crippen LogP contribution in [0.5, 0.6) is 0 Å². The summed E-state index contributed by atoms with van der Waals surface area (Å²) in [5.74, 6) is 1.08. The molecular weight excluding hydrogens is 524 g/mol. The molecule has 0 aliphatic heterocycles. The molecule has 0 N–H and O–H groups in total. The maximum Gasteiger partial charge on any atom is 0.254 e. The van der Waals surface area contributed by atoms with Gasteiger partial charge in [0.15, 0.2) is 0 Å². The van der Waals surface area contributed by atoms with E-state index in [0.29, 0.717) is 22.5 Å². The molecule has 0 atom stereocenters. The predicted octanol–water partition coefficient (Wildman–Crippen LogP) is 5.14. The zero-order valence-corrected chi connectivity index (χ0v) is 25.2. The molecule has 0 radical (unpaired) electrons. The number of unbranched alkanes of at least 4 members (excludes halogenated alkanes) is 14. The fourth-order valence-electron chi connectivity index (χ4n) is 5.67. The third-order valence-corrected chi connectivity index (χ3v) is 7.86. The van der Waals surface area contributed by atoms with Crippen LogP contribution in [0, 0.1) is 6.92 Å². The number of carbonyl (C=O) groups excluding carboxylic acids is 2. The molecule has 0 saturated carbocycles. The molecule has 0 bridgehead atoms. The molecule has 5 heteroatoms. The van der Waals surface area contributed by atoms with Gasteiger partial charge in [0.2, 0.25) is 23.0 Å². The summed E-state index contributed by atoms with van der Waals surface area (Å²) in [7, 11) is 0. The van der Waals surface area contributed by atoms with Crippen LogP contribution < -0.4 is 21.5 Å². The van der Waals surface area contributed by atoms with E-state index >= 15 is 0 Å². The highest BCUT2D eigenvalue weighted by molar-refractivity contribution is 6.26. The summed E-state index contributed by atoms with van der Waals surface area (Å²) in [6.45, 7) is 8.24. The van der Waals surface area contributed by atoms with Gasteiger partial charge in [-0.2, -0.15) is 0 Å². The van der Waals surface area contributed by atoms with E-state index in [0.717, 1.165) is 31.8 Å². The molecule has 1 aliphatic carbocycles. The molecular formula is C32H49BrN2O2. The maximum absolute atomic E-state index is 13.6. The molecule has 1 aromatic carbocycles. The predicted molar refractivity (Wildman–Crippen MR) is 148 cm³/mol. The molecule has 37 heavy (non-hydrogen) atoms. The summed E-state index contributed by atoms with van der Waals surface area (Å²) in [6.07, 6.45) is 20.1. The average molecular weight is 574 g/mol. The van der Waals surface area contributed by atoms with Gasteiger partial charge in [0.25, 0.3) is 5.82 Å². The smallest absolute Gasteiger partial charge is 0.254 e. The van der Waals surface area contributed by atoms with Crippen molar-refractivity contribution in [3.05, 3.63) is 52.6 Å². The lowest BCUT2D eigenvalue weighted by molar-refractivity contribution is -0.704. The minimum atomic E-state index is 0. The van der Waals surface area contributed by atoms with E-state index in [4.69, 9.17) is 0 Å². The van der Waals surface area contributed by atoms with E-state index in [1.54, 1.807) is 0 Å². The van der Waals surface area contributed by atoms with E-state index in [1.807, 2.05) is 24.3 Å². The van der Waals surface area contributed by atoms with Gasteiger partial charge in [-0.1, -0.05) is 115 Å². The van der Waals surface area contributed by atoms with Gasteiger partial charge in [0, 0.05) is 18.1 Å². The van der Waals surface area contributed by atoms with Gasteiger partial charge in [-0.3, -0.25) is 9.59 Å². The van der Waals surface area contributed by atoms with Crippen molar-refractivity contribution in [1.82, 2.24) is 4.57 Å². The summed E-state index contributed by atoms with van der Waals surface area (Å²) in [5, 5.41) is 0. The summed E-state index contributed by atoms with van der Waals surface area (Å²) in [6, 6.07) is 7.35. The molecule has 0 fully saturated rings. The van der Waals surface area contributed by atoms with Crippen molar-refractivity contribution in [2.24, 2.45) is 0 Å². The second kappa shape index (κ2) is 17.0. The lowest BCUT2D eigenvalue weighted by atomic mass is 9.90. The molecule has 1 aliphatic rings. The number of fused-ring (bicyclic) bond motifs is 2. The highest BCUT2D eigenvalue weighted by Gasteiger charge is 2.42. The second-order valence-corrected chi connectivity index (χ2v) is 10.7. The van der Waals surface area contributed by atoms with E-state index in [1.165, 1.54) is 89.9 Å². The number of benzene rings is 1. The van der Waals surface area contributed by atoms with Gasteiger partial charge in [-0.25, -0.2) is 9.13 Å². The first-order valence-electron chi connectivity index (χ1n) is 14.9. The van der Waals surface area contributed by atoms with Crippen LogP contribution in [0.25, 0.3) is 0 Å². The summed E-state index contributed by atoms with van der Waals surface area (Å²) in [5.41, 5.74) is 2.37. The minimum absolute atomic E-state index is 0. The van der Waals surface area contributed by atoms with Gasteiger partial charge in [-0.05, 0) is 25.7 Å². The van der Waals surface area contributed by atoms with Gasteiger partial charge >= 0.3 is 0 Å². The van der Waals surface area contributed by atoms with Crippen molar-refractivity contribution < 1.29 is 31.1 Å². The van der Waals surface area contributed by atoms with Crippen LogP contribution in [0.15, 0.2) is 24.3 Å². The maximum atomic E-state index is 13.6. The van der Waals surface area contributed by atoms with E-state index in [2.05, 4.69) is 29.9 Å². The van der Waals surface area contributed by atoms with Crippen molar-refractivity contribution in [2.45, 2.75) is 137 Å². The van der Waals surface area contributed by atoms with Gasteiger partial charge < -0.3 is 17.0 Å². The Morgan fingerprint density at radius 3 is 1.65 bits per heavy atom. The van der Waals surface area contributed by atoms with Crippen LogP contribution in [0.2, 0.25) is 0 Å². The van der Waals surface area contributed by atoms with Crippen molar-refractivity contribution >= 4 is 11.6 Å². The van der Waals surface area contributed by atoms with E-state index in [-0.39, 0.29) is 28.5 Å². The number of nitrogens with zero attached hydrogens (tertiary/aromatic N) is 2. The molecule has 1 aromatic heterocycles. The van der Waals surface area contributed by atoms with E-state index < -0.39 is 0 Å². The Balaban J connectivity index is 0.00000481. The highest BCUT2D eigenvalue weighted by Crippen LogP contribution is 2.27. The first kappa shape index (κ1) is 31.5. The number of halogens is 1. The van der Waals surface area contributed by atoms with Gasteiger partial charge in [0.1, 0.15) is 0 Å². The van der Waals surface area contributed by atoms with Crippen molar-refractivity contribution in [1.29, 1.82) is 0 Å². The summed E-state index contributed by atoms with van der Waals surface area (Å²) >= 11 is 0.